The molecule has 0 unspecified atom stereocenters. The van der Waals surface area contributed by atoms with E-state index in [0.29, 0.717) is 9.23 Å². The predicted molar refractivity (Wildman–Crippen MR) is 127 cm³/mol. The molecule has 1 saturated heterocycles. The monoisotopic (exact) mass is 471 g/mol. The summed E-state index contributed by atoms with van der Waals surface area (Å²) in [5.41, 5.74) is 5.88. The van der Waals surface area contributed by atoms with Crippen molar-refractivity contribution in [1.29, 1.82) is 0 Å². The van der Waals surface area contributed by atoms with Crippen molar-refractivity contribution in [2.24, 2.45) is 0 Å². The average molecular weight is 472 g/mol. The molecule has 31 heavy (non-hydrogen) atoms. The highest BCUT2D eigenvalue weighted by Crippen LogP contribution is 2.31. The molecular formula is C22H18ClN3O3S2. The van der Waals surface area contributed by atoms with E-state index >= 15 is 0 Å². The summed E-state index contributed by atoms with van der Waals surface area (Å²) >= 11 is 12.4. The Morgan fingerprint density at radius 1 is 1.06 bits per heavy atom. The first-order chi connectivity index (χ1) is 15.0. The number of hydrogen-bond acceptors (Lipinski definition) is 5. The molecule has 0 saturated carbocycles. The van der Waals surface area contributed by atoms with Gasteiger partial charge in [0.25, 0.3) is 11.8 Å². The second kappa shape index (κ2) is 10.9. The Bertz CT molecular complexity index is 1070. The number of benzene rings is 2. The number of thiocarbonyl (C=S) groups is 1. The van der Waals surface area contributed by atoms with E-state index in [-0.39, 0.29) is 29.5 Å². The van der Waals surface area contributed by atoms with Gasteiger partial charge >= 0.3 is 0 Å². The van der Waals surface area contributed by atoms with Crippen LogP contribution in [0.1, 0.15) is 22.3 Å². The Morgan fingerprint density at radius 2 is 1.77 bits per heavy atom. The van der Waals surface area contributed by atoms with Crippen LogP contribution in [-0.2, 0) is 9.59 Å². The molecule has 0 aromatic heterocycles. The molecule has 158 valence electrons. The third-order valence-electron chi connectivity index (χ3n) is 4.21. The molecule has 2 N–H and O–H groups in total. The van der Waals surface area contributed by atoms with Crippen LogP contribution in [0.5, 0.6) is 0 Å². The first-order valence-electron chi connectivity index (χ1n) is 9.26. The maximum absolute atomic E-state index is 12.6. The van der Waals surface area contributed by atoms with Gasteiger partial charge in [0.2, 0.25) is 5.91 Å². The highest BCUT2D eigenvalue weighted by Gasteiger charge is 2.31. The zero-order valence-electron chi connectivity index (χ0n) is 16.2. The fourth-order valence-corrected chi connectivity index (χ4v) is 4.11. The van der Waals surface area contributed by atoms with Gasteiger partial charge in [0.15, 0.2) is 0 Å². The molecule has 1 aliphatic rings. The molecule has 3 amide bonds. The molecule has 3 rings (SSSR count). The van der Waals surface area contributed by atoms with Crippen molar-refractivity contribution < 1.29 is 14.4 Å². The summed E-state index contributed by atoms with van der Waals surface area (Å²) in [5.74, 6) is -1.24. The second-order valence-corrected chi connectivity index (χ2v) is 8.44. The van der Waals surface area contributed by atoms with Gasteiger partial charge in [-0.25, -0.2) is 0 Å². The summed E-state index contributed by atoms with van der Waals surface area (Å²) in [6.07, 6.45) is 5.36. The first kappa shape index (κ1) is 22.7. The summed E-state index contributed by atoms with van der Waals surface area (Å²) in [5, 5.41) is 0.278. The molecular weight excluding hydrogens is 454 g/mol. The van der Waals surface area contributed by atoms with Gasteiger partial charge in [0.05, 0.1) is 15.5 Å². The quantitative estimate of drug-likeness (QED) is 0.379. The number of carbonyl (C=O) groups is 3. The Labute approximate surface area is 194 Å². The Morgan fingerprint density at radius 3 is 2.52 bits per heavy atom. The number of rotatable bonds is 6. The minimum Gasteiger partial charge on any atom is -0.292 e. The molecule has 0 spiro atoms. The standard InChI is InChI=1S/C22H18ClN3O3S2/c23-17-11-5-4-10-16(17)20(28)25-24-19(27)13-14-26-21(29)18(31-22(26)30)12-6-9-15-7-2-1-3-8-15/h1-12H,13-14H2,(H,24,27)(H,25,28)/b9-6+,18-12-. The van der Waals surface area contributed by atoms with Crippen molar-refractivity contribution in [3.05, 3.63) is 87.8 Å². The van der Waals surface area contributed by atoms with Crippen LogP contribution in [0.15, 0.2) is 71.7 Å². The maximum atomic E-state index is 12.6. The van der Waals surface area contributed by atoms with E-state index < -0.39 is 11.8 Å². The number of thioether (sulfide) groups is 1. The number of nitrogens with one attached hydrogen (secondary N) is 2. The van der Waals surface area contributed by atoms with Crippen LogP contribution in [0.25, 0.3) is 6.08 Å². The van der Waals surface area contributed by atoms with Gasteiger partial charge in [0.1, 0.15) is 4.32 Å². The molecule has 1 aliphatic heterocycles. The van der Waals surface area contributed by atoms with Gasteiger partial charge in [-0.3, -0.25) is 30.1 Å². The van der Waals surface area contributed by atoms with Gasteiger partial charge in [-0.2, -0.15) is 0 Å². The summed E-state index contributed by atoms with van der Waals surface area (Å²) < 4.78 is 0.386. The van der Waals surface area contributed by atoms with Gasteiger partial charge < -0.3 is 0 Å². The van der Waals surface area contributed by atoms with Crippen LogP contribution >= 0.6 is 35.6 Å². The van der Waals surface area contributed by atoms with Crippen LogP contribution < -0.4 is 10.9 Å². The molecule has 6 nitrogen and oxygen atoms in total. The number of allylic oxidation sites excluding steroid dienone is 2. The molecule has 0 atom stereocenters. The maximum Gasteiger partial charge on any atom is 0.271 e. The lowest BCUT2D eigenvalue weighted by Gasteiger charge is -2.14. The lowest BCUT2D eigenvalue weighted by atomic mass is 10.2. The van der Waals surface area contributed by atoms with E-state index in [0.717, 1.165) is 5.56 Å². The highest BCUT2D eigenvalue weighted by molar-refractivity contribution is 8.26. The van der Waals surface area contributed by atoms with E-state index in [1.54, 1.807) is 36.4 Å². The lowest BCUT2D eigenvalue weighted by molar-refractivity contribution is -0.124. The number of amides is 3. The van der Waals surface area contributed by atoms with Crippen LogP contribution in [0, 0.1) is 0 Å². The van der Waals surface area contributed by atoms with E-state index in [4.69, 9.17) is 23.8 Å². The second-order valence-electron chi connectivity index (χ2n) is 6.36. The highest BCUT2D eigenvalue weighted by atomic mass is 35.5. The number of hydrazine groups is 1. The van der Waals surface area contributed by atoms with Gasteiger partial charge in [-0.05, 0) is 23.8 Å². The minimum atomic E-state index is -0.530. The summed E-state index contributed by atoms with van der Waals surface area (Å²) in [4.78, 5) is 38.6. The molecule has 0 radical (unpaired) electrons. The third-order valence-corrected chi connectivity index (χ3v) is 5.93. The minimum absolute atomic E-state index is 0.0254. The Balaban J connectivity index is 1.49. The average Bonchev–Trinajstić information content (AvgIpc) is 3.04. The number of halogens is 1. The first-order valence-corrected chi connectivity index (χ1v) is 10.9. The summed E-state index contributed by atoms with van der Waals surface area (Å²) in [7, 11) is 0. The smallest absolute Gasteiger partial charge is 0.271 e. The fourth-order valence-electron chi connectivity index (χ4n) is 2.63. The van der Waals surface area contributed by atoms with E-state index in [1.807, 2.05) is 36.4 Å². The molecule has 2 aromatic carbocycles. The third kappa shape index (κ3) is 6.27. The molecule has 1 heterocycles. The van der Waals surface area contributed by atoms with Crippen molar-refractivity contribution in [3.63, 3.8) is 0 Å². The zero-order chi connectivity index (χ0) is 22.2. The van der Waals surface area contributed by atoms with E-state index in [1.165, 1.54) is 16.7 Å². The van der Waals surface area contributed by atoms with Crippen LogP contribution in [0.3, 0.4) is 0 Å². The normalized spacial score (nSPS) is 15.0. The van der Waals surface area contributed by atoms with Crippen molar-refractivity contribution in [2.45, 2.75) is 6.42 Å². The van der Waals surface area contributed by atoms with Crippen molar-refractivity contribution in [1.82, 2.24) is 15.8 Å². The summed E-state index contributed by atoms with van der Waals surface area (Å²) in [6, 6.07) is 16.2. The van der Waals surface area contributed by atoms with Crippen LogP contribution in [-0.4, -0.2) is 33.5 Å². The topological polar surface area (TPSA) is 78.5 Å². The van der Waals surface area contributed by atoms with Gasteiger partial charge in [-0.15, -0.1) is 0 Å². The van der Waals surface area contributed by atoms with Crippen LogP contribution in [0.4, 0.5) is 0 Å². The van der Waals surface area contributed by atoms with Crippen molar-refractivity contribution in [3.8, 4) is 0 Å². The Hall–Kier alpha value is -2.94. The van der Waals surface area contributed by atoms with Crippen molar-refractivity contribution >= 4 is 63.7 Å². The number of hydrogen-bond donors (Lipinski definition) is 2. The molecule has 0 bridgehead atoms. The molecule has 0 aliphatic carbocycles. The molecule has 2 aromatic rings. The number of carbonyl (C=O) groups excluding carboxylic acids is 3. The lowest BCUT2D eigenvalue weighted by Crippen LogP contribution is -2.43. The Kier molecular flexibility index (Phi) is 8.00. The fraction of sp³-hybridized carbons (Fsp3) is 0.0909. The molecule has 1 fully saturated rings. The SMILES string of the molecule is O=C(CCN1C(=O)/C(=C/C=C/c2ccccc2)SC1=S)NNC(=O)c1ccccc1Cl. The largest absolute Gasteiger partial charge is 0.292 e. The van der Waals surface area contributed by atoms with Gasteiger partial charge in [-0.1, -0.05) is 90.2 Å². The zero-order valence-corrected chi connectivity index (χ0v) is 18.6. The van der Waals surface area contributed by atoms with E-state index in [2.05, 4.69) is 10.9 Å². The summed E-state index contributed by atoms with van der Waals surface area (Å²) in [6.45, 7) is 0.109. The number of nitrogens with zero attached hydrogens (tertiary/aromatic N) is 1. The van der Waals surface area contributed by atoms with E-state index in [9.17, 15) is 14.4 Å². The predicted octanol–water partition coefficient (Wildman–Crippen LogP) is 3.95. The molecule has 9 heteroatoms. The van der Waals surface area contributed by atoms with Gasteiger partial charge in [0, 0.05) is 13.0 Å². The van der Waals surface area contributed by atoms with Crippen molar-refractivity contribution in [2.75, 3.05) is 6.54 Å². The van der Waals surface area contributed by atoms with Crippen LogP contribution in [0.2, 0.25) is 5.02 Å².